The Kier molecular flexibility index (Phi) is 7.16. The van der Waals surface area contributed by atoms with Crippen molar-refractivity contribution in [3.05, 3.63) is 119 Å². The number of ether oxygens (including phenoxy) is 2. The summed E-state index contributed by atoms with van der Waals surface area (Å²) in [5.41, 5.74) is 3.85. The third kappa shape index (κ3) is 5.80. The predicted molar refractivity (Wildman–Crippen MR) is 134 cm³/mol. The summed E-state index contributed by atoms with van der Waals surface area (Å²) in [6.45, 7) is 2.64. The predicted octanol–water partition coefficient (Wildman–Crippen LogP) is 5.67. The molecule has 0 saturated carbocycles. The van der Waals surface area contributed by atoms with E-state index < -0.39 is 11.9 Å². The first-order valence-electron chi connectivity index (χ1n) is 11.2. The van der Waals surface area contributed by atoms with Crippen LogP contribution in [-0.2, 0) is 9.59 Å². The van der Waals surface area contributed by atoms with E-state index in [1.807, 2.05) is 24.3 Å². The van der Waals surface area contributed by atoms with E-state index in [9.17, 15) is 19.2 Å². The zero-order chi connectivity index (χ0) is 25.7. The molecule has 0 heterocycles. The second-order valence-corrected chi connectivity index (χ2v) is 8.05. The van der Waals surface area contributed by atoms with Crippen LogP contribution in [0.4, 0.5) is 0 Å². The van der Waals surface area contributed by atoms with Crippen molar-refractivity contribution in [1.29, 1.82) is 0 Å². The van der Waals surface area contributed by atoms with Gasteiger partial charge >= 0.3 is 11.9 Å². The van der Waals surface area contributed by atoms with Crippen LogP contribution in [0.2, 0.25) is 0 Å². The molecular weight excluding hydrogens is 456 g/mol. The molecule has 6 heteroatoms. The Labute approximate surface area is 208 Å². The lowest BCUT2D eigenvalue weighted by atomic mass is 9.97. The standard InChI is InChI=1S/C30H22O6/c1-19(31)35-27-15-11-25(12-16-27)29(33)23-7-3-21(4-8-23)22-5-9-24(10-6-22)30(34)26-13-17-28(18-14-26)36-20(2)32/h3-18H,1-2H3. The van der Waals surface area contributed by atoms with Gasteiger partial charge in [0.05, 0.1) is 0 Å². The van der Waals surface area contributed by atoms with Gasteiger partial charge in [0.15, 0.2) is 11.6 Å². The molecule has 4 aromatic carbocycles. The van der Waals surface area contributed by atoms with Gasteiger partial charge in [0, 0.05) is 36.1 Å². The Morgan fingerprint density at radius 1 is 0.417 bits per heavy atom. The van der Waals surface area contributed by atoms with E-state index >= 15 is 0 Å². The number of carbonyl (C=O) groups is 4. The lowest BCUT2D eigenvalue weighted by Gasteiger charge is -2.07. The van der Waals surface area contributed by atoms with Gasteiger partial charge in [-0.1, -0.05) is 48.5 Å². The largest absolute Gasteiger partial charge is 0.427 e. The van der Waals surface area contributed by atoms with Gasteiger partial charge in [0.25, 0.3) is 0 Å². The fraction of sp³-hybridized carbons (Fsp3) is 0.0667. The Morgan fingerprint density at radius 2 is 0.667 bits per heavy atom. The number of ketones is 2. The van der Waals surface area contributed by atoms with Crippen LogP contribution < -0.4 is 9.47 Å². The van der Waals surface area contributed by atoms with E-state index in [-0.39, 0.29) is 11.6 Å². The normalized spacial score (nSPS) is 10.4. The van der Waals surface area contributed by atoms with Gasteiger partial charge in [-0.05, 0) is 59.7 Å². The number of hydrogen-bond acceptors (Lipinski definition) is 6. The summed E-state index contributed by atoms with van der Waals surface area (Å²) in [5, 5.41) is 0. The van der Waals surface area contributed by atoms with Gasteiger partial charge in [-0.15, -0.1) is 0 Å². The van der Waals surface area contributed by atoms with E-state index in [2.05, 4.69) is 0 Å². The molecule has 0 amide bonds. The maximum atomic E-state index is 12.8. The molecule has 4 aromatic rings. The van der Waals surface area contributed by atoms with Gasteiger partial charge in [0.2, 0.25) is 0 Å². The molecule has 0 aliphatic carbocycles. The van der Waals surface area contributed by atoms with E-state index in [1.165, 1.54) is 13.8 Å². The SMILES string of the molecule is CC(=O)Oc1ccc(C(=O)c2ccc(-c3ccc(C(=O)c4ccc(OC(C)=O)cc4)cc3)cc2)cc1. The molecule has 0 atom stereocenters. The number of rotatable bonds is 7. The summed E-state index contributed by atoms with van der Waals surface area (Å²) in [6.07, 6.45) is 0. The van der Waals surface area contributed by atoms with Crippen molar-refractivity contribution >= 4 is 23.5 Å². The van der Waals surface area contributed by atoms with Gasteiger partial charge in [-0.3, -0.25) is 19.2 Å². The Bertz CT molecular complexity index is 1300. The van der Waals surface area contributed by atoms with Crippen LogP contribution >= 0.6 is 0 Å². The summed E-state index contributed by atoms with van der Waals surface area (Å²) >= 11 is 0. The van der Waals surface area contributed by atoms with E-state index in [4.69, 9.17) is 9.47 Å². The average molecular weight is 479 g/mol. The van der Waals surface area contributed by atoms with Crippen LogP contribution in [-0.4, -0.2) is 23.5 Å². The molecular formula is C30H22O6. The second kappa shape index (κ2) is 10.6. The van der Waals surface area contributed by atoms with Gasteiger partial charge in [-0.2, -0.15) is 0 Å². The van der Waals surface area contributed by atoms with Gasteiger partial charge in [0.1, 0.15) is 11.5 Å². The van der Waals surface area contributed by atoms with Crippen LogP contribution in [0.15, 0.2) is 97.1 Å². The zero-order valence-electron chi connectivity index (χ0n) is 19.7. The van der Waals surface area contributed by atoms with Crippen LogP contribution in [0.1, 0.15) is 45.7 Å². The zero-order valence-corrected chi connectivity index (χ0v) is 19.7. The average Bonchev–Trinajstić information content (AvgIpc) is 2.88. The minimum absolute atomic E-state index is 0.142. The fourth-order valence-corrected chi connectivity index (χ4v) is 3.64. The molecule has 0 aromatic heterocycles. The summed E-state index contributed by atoms with van der Waals surface area (Å²) in [4.78, 5) is 47.7. The molecule has 4 rings (SSSR count). The molecule has 6 nitrogen and oxygen atoms in total. The van der Waals surface area contributed by atoms with Crippen molar-refractivity contribution in [3.8, 4) is 22.6 Å². The molecule has 0 bridgehead atoms. The van der Waals surface area contributed by atoms with E-state index in [1.54, 1.807) is 72.8 Å². The maximum absolute atomic E-state index is 12.8. The Hall–Kier alpha value is -4.84. The number of benzene rings is 4. The van der Waals surface area contributed by atoms with Crippen molar-refractivity contribution in [2.24, 2.45) is 0 Å². The van der Waals surface area contributed by atoms with Gasteiger partial charge in [-0.25, -0.2) is 0 Å². The summed E-state index contributed by atoms with van der Waals surface area (Å²) < 4.78 is 9.99. The quantitative estimate of drug-likeness (QED) is 0.193. The first-order valence-corrected chi connectivity index (χ1v) is 11.2. The fourth-order valence-electron chi connectivity index (χ4n) is 3.64. The molecule has 0 aliphatic heterocycles. The molecule has 36 heavy (non-hydrogen) atoms. The molecule has 0 aliphatic rings. The maximum Gasteiger partial charge on any atom is 0.308 e. The Balaban J connectivity index is 1.44. The highest BCUT2D eigenvalue weighted by Gasteiger charge is 2.12. The second-order valence-electron chi connectivity index (χ2n) is 8.05. The van der Waals surface area contributed by atoms with Crippen molar-refractivity contribution in [3.63, 3.8) is 0 Å². The highest BCUT2D eigenvalue weighted by Crippen LogP contribution is 2.23. The lowest BCUT2D eigenvalue weighted by molar-refractivity contribution is -0.132. The molecule has 178 valence electrons. The first kappa shape index (κ1) is 24.3. The minimum atomic E-state index is -0.419. The highest BCUT2D eigenvalue weighted by atomic mass is 16.5. The molecule has 0 unspecified atom stereocenters. The first-order chi connectivity index (χ1) is 17.3. The van der Waals surface area contributed by atoms with Crippen LogP contribution in [0.5, 0.6) is 11.5 Å². The van der Waals surface area contributed by atoms with Crippen molar-refractivity contribution < 1.29 is 28.7 Å². The monoisotopic (exact) mass is 478 g/mol. The molecule has 0 fully saturated rings. The van der Waals surface area contributed by atoms with Crippen LogP contribution in [0.3, 0.4) is 0 Å². The molecule has 0 N–H and O–H groups in total. The third-order valence-corrected chi connectivity index (χ3v) is 5.38. The summed E-state index contributed by atoms with van der Waals surface area (Å²) in [5.74, 6) is -0.354. The van der Waals surface area contributed by atoms with Crippen molar-refractivity contribution in [2.75, 3.05) is 0 Å². The van der Waals surface area contributed by atoms with E-state index in [0.29, 0.717) is 33.8 Å². The lowest BCUT2D eigenvalue weighted by Crippen LogP contribution is -2.04. The van der Waals surface area contributed by atoms with Crippen molar-refractivity contribution in [1.82, 2.24) is 0 Å². The van der Waals surface area contributed by atoms with E-state index in [0.717, 1.165) is 11.1 Å². The smallest absolute Gasteiger partial charge is 0.308 e. The number of esters is 2. The molecule has 0 saturated heterocycles. The third-order valence-electron chi connectivity index (χ3n) is 5.38. The van der Waals surface area contributed by atoms with Gasteiger partial charge < -0.3 is 9.47 Å². The molecule has 0 radical (unpaired) electrons. The van der Waals surface area contributed by atoms with Crippen LogP contribution in [0.25, 0.3) is 11.1 Å². The molecule has 0 spiro atoms. The topological polar surface area (TPSA) is 86.7 Å². The minimum Gasteiger partial charge on any atom is -0.427 e. The number of hydrogen-bond donors (Lipinski definition) is 0. The summed E-state index contributed by atoms with van der Waals surface area (Å²) in [6, 6.07) is 27.2. The van der Waals surface area contributed by atoms with Crippen LogP contribution in [0, 0.1) is 0 Å². The Morgan fingerprint density at radius 3 is 0.917 bits per heavy atom. The van der Waals surface area contributed by atoms with Crippen molar-refractivity contribution in [2.45, 2.75) is 13.8 Å². The highest BCUT2D eigenvalue weighted by molar-refractivity contribution is 6.10. The number of carbonyl (C=O) groups excluding carboxylic acids is 4. The summed E-state index contributed by atoms with van der Waals surface area (Å²) in [7, 11) is 0.